The van der Waals surface area contributed by atoms with Crippen molar-refractivity contribution in [2.45, 2.75) is 4.90 Å². The highest BCUT2D eigenvalue weighted by atomic mass is 32.2. The van der Waals surface area contributed by atoms with Gasteiger partial charge in [0.15, 0.2) is 9.84 Å². The van der Waals surface area contributed by atoms with Gasteiger partial charge in [-0.3, -0.25) is 19.9 Å². The quantitative estimate of drug-likeness (QED) is 0.284. The summed E-state index contributed by atoms with van der Waals surface area (Å²) in [6.45, 7) is 0.394. The van der Waals surface area contributed by atoms with Crippen LogP contribution in [-0.2, 0) is 9.84 Å². The Balaban J connectivity index is 1.53. The number of nitrogens with zero attached hydrogens (tertiary/aromatic N) is 2. The molecule has 0 fully saturated rings. The number of benzene rings is 2. The summed E-state index contributed by atoms with van der Waals surface area (Å²) in [6.07, 6.45) is 4.19. The lowest BCUT2D eigenvalue weighted by atomic mass is 10.2. The number of amides is 1. The Morgan fingerprint density at radius 2 is 1.84 bits per heavy atom. The molecule has 32 heavy (non-hydrogen) atoms. The second-order valence-electron chi connectivity index (χ2n) is 6.71. The van der Waals surface area contributed by atoms with Crippen LogP contribution in [0.25, 0.3) is 0 Å². The molecule has 1 amide bonds. The first-order valence-corrected chi connectivity index (χ1v) is 11.3. The van der Waals surface area contributed by atoms with Crippen LogP contribution in [-0.4, -0.2) is 43.6 Å². The molecule has 0 saturated heterocycles. The second-order valence-corrected chi connectivity index (χ2v) is 8.72. The van der Waals surface area contributed by atoms with Gasteiger partial charge in [0, 0.05) is 37.2 Å². The fraction of sp³-hybridized carbons (Fsp3) is 0.143. The molecule has 0 bridgehead atoms. The number of carbonyl (C=O) groups excluding carboxylic acids is 1. The van der Waals surface area contributed by atoms with Crippen molar-refractivity contribution >= 4 is 27.1 Å². The SMILES string of the molecule is CS(=O)(=O)c1ccc(NCCNC(=O)c2ccc(Oc3cccnc3)cc2)c([N+](=O)[O-])c1. The third-order valence-corrected chi connectivity index (χ3v) is 5.42. The molecule has 10 nitrogen and oxygen atoms in total. The Kier molecular flexibility index (Phi) is 7.00. The molecule has 0 unspecified atom stereocenters. The van der Waals surface area contributed by atoms with E-state index in [0.29, 0.717) is 17.1 Å². The minimum Gasteiger partial charge on any atom is -0.456 e. The molecular formula is C21H20N4O6S. The Hall–Kier alpha value is -3.99. The number of sulfone groups is 1. The molecule has 2 N–H and O–H groups in total. The van der Waals surface area contributed by atoms with Gasteiger partial charge in [-0.05, 0) is 48.5 Å². The van der Waals surface area contributed by atoms with Crippen molar-refractivity contribution in [3.05, 3.63) is 82.7 Å². The summed E-state index contributed by atoms with van der Waals surface area (Å²) in [4.78, 5) is 26.7. The van der Waals surface area contributed by atoms with Crippen molar-refractivity contribution in [1.82, 2.24) is 10.3 Å². The van der Waals surface area contributed by atoms with Crippen LogP contribution in [0, 0.1) is 10.1 Å². The van der Waals surface area contributed by atoms with Gasteiger partial charge < -0.3 is 15.4 Å². The predicted octanol–water partition coefficient (Wildman–Crippen LogP) is 3.03. The maximum atomic E-state index is 12.3. The van der Waals surface area contributed by atoms with Crippen molar-refractivity contribution in [2.24, 2.45) is 0 Å². The van der Waals surface area contributed by atoms with Crippen molar-refractivity contribution in [3.63, 3.8) is 0 Å². The van der Waals surface area contributed by atoms with E-state index < -0.39 is 14.8 Å². The van der Waals surface area contributed by atoms with E-state index in [-0.39, 0.29) is 35.3 Å². The van der Waals surface area contributed by atoms with E-state index >= 15 is 0 Å². The van der Waals surface area contributed by atoms with E-state index in [2.05, 4.69) is 15.6 Å². The minimum absolute atomic E-state index is 0.140. The summed E-state index contributed by atoms with van der Waals surface area (Å²) in [5, 5.41) is 16.8. The first-order valence-electron chi connectivity index (χ1n) is 9.42. The van der Waals surface area contributed by atoms with Crippen LogP contribution < -0.4 is 15.4 Å². The number of hydrogen-bond donors (Lipinski definition) is 2. The van der Waals surface area contributed by atoms with E-state index in [4.69, 9.17) is 4.74 Å². The first kappa shape index (κ1) is 22.7. The number of ether oxygens (including phenoxy) is 1. The average molecular weight is 456 g/mol. The Labute approximate surface area is 184 Å². The van der Waals surface area contributed by atoms with Gasteiger partial charge in [-0.25, -0.2) is 8.42 Å². The summed E-state index contributed by atoms with van der Waals surface area (Å²) < 4.78 is 28.8. The number of nitro benzene ring substituents is 1. The standard InChI is InChI=1S/C21H20N4O6S/c1-32(29,30)18-8-9-19(20(13-18)25(27)28)23-11-12-24-21(26)15-4-6-16(7-5-15)31-17-3-2-10-22-14-17/h2-10,13-14,23H,11-12H2,1H3,(H,24,26). The van der Waals surface area contributed by atoms with Crippen molar-refractivity contribution in [2.75, 3.05) is 24.7 Å². The van der Waals surface area contributed by atoms with Crippen LogP contribution in [0.1, 0.15) is 10.4 Å². The fourth-order valence-corrected chi connectivity index (χ4v) is 3.38. The Morgan fingerprint density at radius 1 is 1.09 bits per heavy atom. The second kappa shape index (κ2) is 9.88. The zero-order valence-electron chi connectivity index (χ0n) is 17.0. The smallest absolute Gasteiger partial charge is 0.293 e. The molecule has 0 radical (unpaired) electrons. The highest BCUT2D eigenvalue weighted by Gasteiger charge is 2.18. The van der Waals surface area contributed by atoms with Gasteiger partial charge in [0.1, 0.15) is 17.2 Å². The lowest BCUT2D eigenvalue weighted by Gasteiger charge is -2.10. The lowest BCUT2D eigenvalue weighted by molar-refractivity contribution is -0.384. The van der Waals surface area contributed by atoms with E-state index in [0.717, 1.165) is 12.3 Å². The molecule has 0 aliphatic carbocycles. The zero-order valence-corrected chi connectivity index (χ0v) is 17.8. The number of carbonyl (C=O) groups is 1. The Bertz CT molecular complexity index is 1210. The molecule has 0 aliphatic heterocycles. The molecule has 2 aromatic carbocycles. The monoisotopic (exact) mass is 456 g/mol. The highest BCUT2D eigenvalue weighted by molar-refractivity contribution is 7.90. The van der Waals surface area contributed by atoms with Crippen molar-refractivity contribution < 1.29 is 22.9 Å². The average Bonchev–Trinajstić information content (AvgIpc) is 2.77. The number of nitro groups is 1. The van der Waals surface area contributed by atoms with Gasteiger partial charge in [-0.1, -0.05) is 0 Å². The number of nitrogens with one attached hydrogen (secondary N) is 2. The van der Waals surface area contributed by atoms with E-state index in [9.17, 15) is 23.3 Å². The van der Waals surface area contributed by atoms with Crippen LogP contribution in [0.3, 0.4) is 0 Å². The molecule has 3 aromatic rings. The fourth-order valence-electron chi connectivity index (χ4n) is 2.74. The Morgan fingerprint density at radius 3 is 2.47 bits per heavy atom. The molecule has 3 rings (SSSR count). The molecular weight excluding hydrogens is 436 g/mol. The van der Waals surface area contributed by atoms with Crippen molar-refractivity contribution in [1.29, 1.82) is 0 Å². The molecule has 0 aliphatic rings. The molecule has 1 aromatic heterocycles. The van der Waals surface area contributed by atoms with Gasteiger partial charge in [-0.15, -0.1) is 0 Å². The number of rotatable bonds is 9. The number of aromatic nitrogens is 1. The molecule has 166 valence electrons. The molecule has 0 spiro atoms. The summed E-state index contributed by atoms with van der Waals surface area (Å²) in [5.74, 6) is 0.817. The van der Waals surface area contributed by atoms with Crippen molar-refractivity contribution in [3.8, 4) is 11.5 Å². The van der Waals surface area contributed by atoms with Crippen LogP contribution in [0.2, 0.25) is 0 Å². The summed E-state index contributed by atoms with van der Waals surface area (Å²) in [7, 11) is -3.56. The molecule has 0 atom stereocenters. The summed E-state index contributed by atoms with van der Waals surface area (Å²) in [5.41, 5.74) is 0.226. The number of pyridine rings is 1. The zero-order chi connectivity index (χ0) is 23.1. The van der Waals surface area contributed by atoms with Crippen LogP contribution in [0.4, 0.5) is 11.4 Å². The van der Waals surface area contributed by atoms with Crippen LogP contribution in [0.15, 0.2) is 71.9 Å². The van der Waals surface area contributed by atoms with Crippen LogP contribution in [0.5, 0.6) is 11.5 Å². The molecule has 0 saturated carbocycles. The van der Waals surface area contributed by atoms with Gasteiger partial charge in [-0.2, -0.15) is 0 Å². The lowest BCUT2D eigenvalue weighted by Crippen LogP contribution is -2.28. The largest absolute Gasteiger partial charge is 0.456 e. The van der Waals surface area contributed by atoms with E-state index in [1.807, 2.05) is 0 Å². The normalized spacial score (nSPS) is 10.9. The third-order valence-electron chi connectivity index (χ3n) is 4.31. The maximum absolute atomic E-state index is 12.3. The van der Waals surface area contributed by atoms with E-state index in [1.165, 1.54) is 12.1 Å². The summed E-state index contributed by atoms with van der Waals surface area (Å²) in [6, 6.07) is 13.7. The highest BCUT2D eigenvalue weighted by Crippen LogP contribution is 2.27. The first-order chi connectivity index (χ1) is 15.2. The topological polar surface area (TPSA) is 141 Å². The van der Waals surface area contributed by atoms with Gasteiger partial charge in [0.05, 0.1) is 16.0 Å². The number of hydrogen-bond acceptors (Lipinski definition) is 8. The molecule has 1 heterocycles. The van der Waals surface area contributed by atoms with Crippen LogP contribution >= 0.6 is 0 Å². The maximum Gasteiger partial charge on any atom is 0.293 e. The third kappa shape index (κ3) is 6.01. The number of anilines is 1. The van der Waals surface area contributed by atoms with Gasteiger partial charge in [0.25, 0.3) is 11.6 Å². The summed E-state index contributed by atoms with van der Waals surface area (Å²) >= 11 is 0. The predicted molar refractivity (Wildman–Crippen MR) is 118 cm³/mol. The molecule has 11 heteroatoms. The van der Waals surface area contributed by atoms with Gasteiger partial charge in [0.2, 0.25) is 0 Å². The van der Waals surface area contributed by atoms with E-state index in [1.54, 1.807) is 48.8 Å². The minimum atomic E-state index is -3.56. The van der Waals surface area contributed by atoms with Gasteiger partial charge >= 0.3 is 0 Å².